The lowest BCUT2D eigenvalue weighted by Gasteiger charge is -2.30. The Hall–Kier alpha value is -4.28. The second kappa shape index (κ2) is 8.34. The highest BCUT2D eigenvalue weighted by Crippen LogP contribution is 2.25. The number of halogens is 1. The molecule has 10 nitrogen and oxygen atoms in total. The number of nitrogens with zero attached hydrogens (tertiary/aromatic N) is 5. The van der Waals surface area contributed by atoms with Gasteiger partial charge in [-0.3, -0.25) is 14.2 Å². The Labute approximate surface area is 187 Å². The van der Waals surface area contributed by atoms with Gasteiger partial charge < -0.3 is 16.0 Å². The molecule has 0 spiro atoms. The van der Waals surface area contributed by atoms with Gasteiger partial charge in [0.25, 0.3) is 11.5 Å². The molecule has 1 unspecified atom stereocenters. The maximum Gasteiger partial charge on any atom is 0.279 e. The highest BCUT2D eigenvalue weighted by atomic mass is 19.1. The summed E-state index contributed by atoms with van der Waals surface area (Å²) in [6.07, 6.45) is 4.65. The molecule has 1 aliphatic rings. The topological polar surface area (TPSA) is 118 Å². The van der Waals surface area contributed by atoms with Gasteiger partial charge in [-0.05, 0) is 37.1 Å². The molecule has 3 N–H and O–H groups in total. The number of pyridine rings is 2. The van der Waals surface area contributed by atoms with Crippen molar-refractivity contribution in [2.24, 2.45) is 0 Å². The molecule has 168 valence electrons. The average molecular weight is 448 g/mol. The number of hydrogen-bond acceptors (Lipinski definition) is 7. The van der Waals surface area contributed by atoms with Gasteiger partial charge >= 0.3 is 0 Å². The Morgan fingerprint density at radius 2 is 2.09 bits per heavy atom. The van der Waals surface area contributed by atoms with E-state index in [1.165, 1.54) is 15.3 Å². The second-order valence-electron chi connectivity index (χ2n) is 7.65. The number of rotatable bonds is 6. The first kappa shape index (κ1) is 20.6. The van der Waals surface area contributed by atoms with Crippen LogP contribution in [0.1, 0.15) is 23.2 Å². The van der Waals surface area contributed by atoms with E-state index in [9.17, 15) is 14.0 Å². The van der Waals surface area contributed by atoms with Crippen LogP contribution in [-0.4, -0.2) is 49.3 Å². The lowest BCUT2D eigenvalue weighted by Crippen LogP contribution is -2.48. The molecule has 4 aromatic heterocycles. The van der Waals surface area contributed by atoms with Crippen molar-refractivity contribution in [3.05, 3.63) is 70.9 Å². The van der Waals surface area contributed by atoms with Crippen molar-refractivity contribution in [2.45, 2.75) is 25.1 Å². The first-order chi connectivity index (χ1) is 16.0. The summed E-state index contributed by atoms with van der Waals surface area (Å²) in [6, 6.07) is 9.83. The van der Waals surface area contributed by atoms with Crippen LogP contribution in [0.4, 0.5) is 21.7 Å². The van der Waals surface area contributed by atoms with E-state index in [-0.39, 0.29) is 22.5 Å². The third-order valence-electron chi connectivity index (χ3n) is 5.59. The standard InChI is InChI=1S/C22H21FN8O2/c1-24-19-11-17(27-16-5-4-10-30(22(16)33)18-6-2-3-9-25-18)29-20-13(12-26-31(19)20)21(32)28-15-8-7-14(15)23/h2-6,9-12,14-15,24H,7-8H2,1H3,(H,27,29)(H,28,32)/t14-,15?/m0/s1. The zero-order valence-electron chi connectivity index (χ0n) is 17.7. The van der Waals surface area contributed by atoms with Crippen LogP contribution in [0, 0.1) is 0 Å². The van der Waals surface area contributed by atoms with Crippen molar-refractivity contribution in [1.82, 2.24) is 29.5 Å². The van der Waals surface area contributed by atoms with Crippen molar-refractivity contribution in [2.75, 3.05) is 17.7 Å². The summed E-state index contributed by atoms with van der Waals surface area (Å²) in [5, 5.41) is 13.0. The van der Waals surface area contributed by atoms with Gasteiger partial charge in [0, 0.05) is 25.5 Å². The summed E-state index contributed by atoms with van der Waals surface area (Å²) in [4.78, 5) is 34.5. The zero-order valence-corrected chi connectivity index (χ0v) is 17.7. The number of alkyl halides is 1. The highest BCUT2D eigenvalue weighted by molar-refractivity contribution is 6.00. The number of anilines is 3. The number of carbonyl (C=O) groups excluding carboxylic acids is 1. The van der Waals surface area contributed by atoms with Crippen LogP contribution in [0.25, 0.3) is 11.5 Å². The lowest BCUT2D eigenvalue weighted by atomic mass is 9.90. The smallest absolute Gasteiger partial charge is 0.279 e. The third-order valence-corrected chi connectivity index (χ3v) is 5.59. The summed E-state index contributed by atoms with van der Waals surface area (Å²) < 4.78 is 16.5. The van der Waals surface area contributed by atoms with Crippen LogP contribution in [0.2, 0.25) is 0 Å². The first-order valence-electron chi connectivity index (χ1n) is 10.5. The molecule has 1 aliphatic carbocycles. The molecule has 4 heterocycles. The maximum absolute atomic E-state index is 13.6. The van der Waals surface area contributed by atoms with E-state index in [0.29, 0.717) is 30.3 Å². The van der Waals surface area contributed by atoms with E-state index in [4.69, 9.17) is 0 Å². The molecule has 1 amide bonds. The minimum atomic E-state index is -1.03. The first-order valence-corrected chi connectivity index (χ1v) is 10.5. The van der Waals surface area contributed by atoms with Gasteiger partial charge in [-0.1, -0.05) is 6.07 Å². The van der Waals surface area contributed by atoms with Crippen molar-refractivity contribution in [3.8, 4) is 5.82 Å². The summed E-state index contributed by atoms with van der Waals surface area (Å²) in [5.74, 6) is 0.933. The Bertz CT molecular complexity index is 1380. The van der Waals surface area contributed by atoms with Crippen molar-refractivity contribution >= 4 is 28.9 Å². The van der Waals surface area contributed by atoms with Gasteiger partial charge in [0.15, 0.2) is 5.65 Å². The predicted molar refractivity (Wildman–Crippen MR) is 121 cm³/mol. The van der Waals surface area contributed by atoms with Crippen LogP contribution in [0.3, 0.4) is 0 Å². The van der Waals surface area contributed by atoms with Gasteiger partial charge in [-0.15, -0.1) is 0 Å². The van der Waals surface area contributed by atoms with E-state index in [0.717, 1.165) is 0 Å². The molecule has 0 aliphatic heterocycles. The van der Waals surface area contributed by atoms with Crippen LogP contribution < -0.4 is 21.5 Å². The van der Waals surface area contributed by atoms with Crippen LogP contribution in [-0.2, 0) is 0 Å². The average Bonchev–Trinajstić information content (AvgIpc) is 3.27. The number of hydrogen-bond donors (Lipinski definition) is 3. The molecular formula is C22H21FN8O2. The number of amides is 1. The normalized spacial score (nSPS) is 17.4. The molecule has 0 bridgehead atoms. The quantitative estimate of drug-likeness (QED) is 0.414. The molecule has 5 rings (SSSR count). The minimum Gasteiger partial charge on any atom is -0.373 e. The second-order valence-corrected chi connectivity index (χ2v) is 7.65. The zero-order chi connectivity index (χ0) is 22.9. The number of nitrogens with one attached hydrogen (secondary N) is 3. The fourth-order valence-corrected chi connectivity index (χ4v) is 3.64. The minimum absolute atomic E-state index is 0.216. The van der Waals surface area contributed by atoms with Crippen LogP contribution in [0.5, 0.6) is 0 Å². The Morgan fingerprint density at radius 1 is 1.21 bits per heavy atom. The molecule has 4 aromatic rings. The lowest BCUT2D eigenvalue weighted by molar-refractivity contribution is 0.0826. The Balaban J connectivity index is 1.50. The van der Waals surface area contributed by atoms with Gasteiger partial charge in [0.05, 0.1) is 12.2 Å². The predicted octanol–water partition coefficient (Wildman–Crippen LogP) is 2.29. The highest BCUT2D eigenvalue weighted by Gasteiger charge is 2.33. The van der Waals surface area contributed by atoms with Gasteiger partial charge in [-0.25, -0.2) is 14.4 Å². The summed E-state index contributed by atoms with van der Waals surface area (Å²) in [6.45, 7) is 0. The summed E-state index contributed by atoms with van der Waals surface area (Å²) in [7, 11) is 1.71. The molecule has 1 saturated carbocycles. The molecule has 0 aromatic carbocycles. The third kappa shape index (κ3) is 3.77. The molecular weight excluding hydrogens is 427 g/mol. The molecule has 0 saturated heterocycles. The van der Waals surface area contributed by atoms with E-state index in [1.54, 1.807) is 55.8 Å². The van der Waals surface area contributed by atoms with E-state index < -0.39 is 18.1 Å². The van der Waals surface area contributed by atoms with E-state index >= 15 is 0 Å². The van der Waals surface area contributed by atoms with Crippen LogP contribution in [0.15, 0.2) is 59.8 Å². The van der Waals surface area contributed by atoms with E-state index in [1.807, 2.05) is 0 Å². The van der Waals surface area contributed by atoms with Gasteiger partial charge in [0.1, 0.15) is 34.9 Å². The molecule has 0 radical (unpaired) electrons. The SMILES string of the molecule is CNc1cc(Nc2cccn(-c3ccccn3)c2=O)nc2c(C(=O)NC3CC[C@@H]3F)cnn12. The molecule has 11 heteroatoms. The van der Waals surface area contributed by atoms with Crippen LogP contribution >= 0.6 is 0 Å². The molecule has 1 fully saturated rings. The molecule has 33 heavy (non-hydrogen) atoms. The number of carbonyl (C=O) groups is 1. The number of aromatic nitrogens is 5. The Morgan fingerprint density at radius 3 is 2.79 bits per heavy atom. The van der Waals surface area contributed by atoms with Gasteiger partial charge in [-0.2, -0.15) is 9.61 Å². The monoisotopic (exact) mass is 448 g/mol. The summed E-state index contributed by atoms with van der Waals surface area (Å²) >= 11 is 0. The molecule has 2 atom stereocenters. The Kier molecular flexibility index (Phi) is 5.21. The van der Waals surface area contributed by atoms with Crippen molar-refractivity contribution in [3.63, 3.8) is 0 Å². The van der Waals surface area contributed by atoms with Gasteiger partial charge in [0.2, 0.25) is 0 Å². The summed E-state index contributed by atoms with van der Waals surface area (Å²) in [5.41, 5.74) is 0.461. The van der Waals surface area contributed by atoms with Crippen molar-refractivity contribution in [1.29, 1.82) is 0 Å². The maximum atomic E-state index is 13.6. The largest absolute Gasteiger partial charge is 0.373 e. The van der Waals surface area contributed by atoms with E-state index in [2.05, 4.69) is 31.0 Å². The number of fused-ring (bicyclic) bond motifs is 1. The fourth-order valence-electron chi connectivity index (χ4n) is 3.64. The fraction of sp³-hybridized carbons (Fsp3) is 0.227. The van der Waals surface area contributed by atoms with Crippen molar-refractivity contribution < 1.29 is 9.18 Å².